The lowest BCUT2D eigenvalue weighted by atomic mass is 9.88. The SMILES string of the molecule is CCCC[C@@]1(CC)SCc2nc(C(=O)NCC(=O)NCCOCCOCCOCCOCCC(=O)NCC(=O)NCC(=O)N[C@@H](Cc3ccccc3)C(=O)NCC(=O)NCOCC(N)=O)c(C(=O)O)nc2CSC2=C/C=C\C=C/C1=C2. The molecule has 1 aliphatic carbocycles. The van der Waals surface area contributed by atoms with Crippen molar-refractivity contribution in [2.24, 2.45) is 5.73 Å². The molecule has 0 saturated heterocycles. The highest BCUT2D eigenvalue weighted by Crippen LogP contribution is 2.46. The Bertz CT molecular complexity index is 2570. The van der Waals surface area contributed by atoms with Crippen molar-refractivity contribution >= 4 is 76.8 Å². The molecule has 442 valence electrons. The lowest BCUT2D eigenvalue weighted by Gasteiger charge is -2.35. The number of nitrogens with zero attached hydrogens (tertiary/aromatic N) is 2. The molecule has 2 aromatic rings. The molecule has 2 aliphatic rings. The number of aromatic carboxylic acids is 1. The van der Waals surface area contributed by atoms with Gasteiger partial charge in [0, 0.05) is 40.5 Å². The quantitative estimate of drug-likeness (QED) is 0.0335. The molecule has 81 heavy (non-hydrogen) atoms. The Morgan fingerprint density at radius 2 is 1.30 bits per heavy atom. The average Bonchev–Trinajstić information content (AvgIpc) is 3.66. The first-order chi connectivity index (χ1) is 39.1. The van der Waals surface area contributed by atoms with Gasteiger partial charge in [-0.05, 0) is 36.1 Å². The number of fused-ring (bicyclic) bond motifs is 2. The third-order valence-electron chi connectivity index (χ3n) is 11.9. The molecule has 2 heterocycles. The summed E-state index contributed by atoms with van der Waals surface area (Å²) in [7, 11) is 0. The number of carbonyl (C=O) groups excluding carboxylic acids is 8. The van der Waals surface area contributed by atoms with Crippen LogP contribution in [0.3, 0.4) is 0 Å². The van der Waals surface area contributed by atoms with Crippen LogP contribution in [0.25, 0.3) is 0 Å². The number of thioether (sulfide) groups is 2. The molecule has 0 saturated carbocycles. The first-order valence-electron chi connectivity index (χ1n) is 26.4. The molecule has 4 rings (SSSR count). The second-order valence-electron chi connectivity index (χ2n) is 17.9. The molecule has 1 aromatic heterocycles. The van der Waals surface area contributed by atoms with Gasteiger partial charge in [0.05, 0.1) is 90.4 Å². The fourth-order valence-corrected chi connectivity index (χ4v) is 9.94. The number of nitrogens with one attached hydrogen (secondary N) is 7. The van der Waals surface area contributed by atoms with Crippen LogP contribution in [0.15, 0.2) is 77.3 Å². The van der Waals surface area contributed by atoms with Crippen molar-refractivity contribution < 1.29 is 71.9 Å². The molecule has 2 atom stereocenters. The van der Waals surface area contributed by atoms with Crippen LogP contribution in [0.2, 0.25) is 0 Å². The summed E-state index contributed by atoms with van der Waals surface area (Å²) in [5, 5.41) is 27.3. The number of ether oxygens (including phenoxy) is 5. The summed E-state index contributed by atoms with van der Waals surface area (Å²) in [5.41, 5.74) is 7.06. The predicted molar refractivity (Wildman–Crippen MR) is 301 cm³/mol. The fraction of sp³-hybridized carbons (Fsp3) is 0.500. The molecule has 25 nitrogen and oxygen atoms in total. The van der Waals surface area contributed by atoms with Gasteiger partial charge >= 0.3 is 5.97 Å². The zero-order chi connectivity index (χ0) is 58.7. The van der Waals surface area contributed by atoms with Crippen LogP contribution in [0, 0.1) is 0 Å². The van der Waals surface area contributed by atoms with Gasteiger partial charge in [-0.1, -0.05) is 81.3 Å². The normalized spacial score (nSPS) is 15.8. The minimum Gasteiger partial charge on any atom is -0.476 e. The van der Waals surface area contributed by atoms with Crippen LogP contribution < -0.4 is 43.0 Å². The number of nitrogens with two attached hydrogens (primary N) is 1. The molecule has 0 fully saturated rings. The van der Waals surface area contributed by atoms with E-state index in [1.165, 1.54) is 17.3 Å². The molecule has 1 aromatic carbocycles. The number of carbonyl (C=O) groups is 9. The van der Waals surface area contributed by atoms with Crippen LogP contribution in [0.1, 0.15) is 83.9 Å². The second kappa shape index (κ2) is 37.8. The summed E-state index contributed by atoms with van der Waals surface area (Å²) in [4.78, 5) is 121. The van der Waals surface area contributed by atoms with Crippen molar-refractivity contribution in [2.45, 2.75) is 74.7 Å². The van der Waals surface area contributed by atoms with Crippen LogP contribution >= 0.6 is 23.5 Å². The summed E-state index contributed by atoms with van der Waals surface area (Å²) in [6, 6.07) is 7.70. The standard InChI is InChI=1S/C54H74N10O15S2/c1-3-5-17-54(4-2)38-14-10-7-11-15-39(28-38)80-34-41-42(35-81-54)63-49(50(64-41)53(73)74)52(72)60-30-45(67)56-18-20-76-22-24-78-26-25-77-23-21-75-19-16-44(66)57-29-46(68)58-32-48(70)62-40(27-37-12-8-6-9-13-37)51(71)59-31-47(69)61-36-79-33-43(55)65/h6-15,28,40H,3-5,16-27,29-36H2,1-2H3,(H2,55,65)(H,56,67)(H,57,66)(H,58,68)(H,59,71)(H,60,72)(H,61,69)(H,62,70)(H,73,74)/b10-7?,11-7-,14-10-,15-11?,38-14?,38-28?,39-15?,39-28?/t40-,54+/m0/s1. The Kier molecular flexibility index (Phi) is 31.1. The number of carboxylic acid groups (broad SMARTS) is 1. The predicted octanol–water partition coefficient (Wildman–Crippen LogP) is 0.884. The van der Waals surface area contributed by atoms with Crippen LogP contribution in [0.5, 0.6) is 0 Å². The highest BCUT2D eigenvalue weighted by molar-refractivity contribution is 8.02. The summed E-state index contributed by atoms with van der Waals surface area (Å²) in [6.45, 7) is 3.68. The van der Waals surface area contributed by atoms with Crippen molar-refractivity contribution in [1.82, 2.24) is 47.2 Å². The lowest BCUT2D eigenvalue weighted by molar-refractivity contribution is -0.131. The van der Waals surface area contributed by atoms with Gasteiger partial charge in [-0.25, -0.2) is 14.8 Å². The van der Waals surface area contributed by atoms with E-state index < -0.39 is 97.7 Å². The minimum atomic E-state index is -1.40. The zero-order valence-electron chi connectivity index (χ0n) is 45.6. The zero-order valence-corrected chi connectivity index (χ0v) is 47.3. The molecule has 0 unspecified atom stereocenters. The van der Waals surface area contributed by atoms with Crippen LogP contribution in [-0.2, 0) is 75.2 Å². The molecule has 8 amide bonds. The Morgan fingerprint density at radius 3 is 1.99 bits per heavy atom. The van der Waals surface area contributed by atoms with Gasteiger partial charge in [0.1, 0.15) is 19.4 Å². The minimum absolute atomic E-state index is 0.0417. The largest absolute Gasteiger partial charge is 0.476 e. The fourth-order valence-electron chi connectivity index (χ4n) is 7.59. The first-order valence-corrected chi connectivity index (χ1v) is 28.4. The van der Waals surface area contributed by atoms with E-state index in [1.807, 2.05) is 24.3 Å². The Hall–Kier alpha value is -7.01. The lowest BCUT2D eigenvalue weighted by Crippen LogP contribution is -2.52. The Balaban J connectivity index is 1.02. The molecule has 1 aliphatic heterocycles. The maximum absolute atomic E-state index is 13.4. The van der Waals surface area contributed by atoms with Gasteiger partial charge in [0.15, 0.2) is 11.4 Å². The summed E-state index contributed by atoms with van der Waals surface area (Å²) >= 11 is 3.25. The molecular formula is C54H74N10O15S2. The van der Waals surface area contributed by atoms with Gasteiger partial charge < -0.3 is 71.7 Å². The van der Waals surface area contributed by atoms with Gasteiger partial charge in [-0.3, -0.25) is 38.4 Å². The second-order valence-corrected chi connectivity index (χ2v) is 20.3. The van der Waals surface area contributed by atoms with E-state index in [9.17, 15) is 48.3 Å². The van der Waals surface area contributed by atoms with Crippen molar-refractivity contribution in [2.75, 3.05) is 98.9 Å². The topological polar surface area (TPSA) is 356 Å². The molecule has 0 spiro atoms. The van der Waals surface area contributed by atoms with E-state index >= 15 is 0 Å². The van der Waals surface area contributed by atoms with E-state index in [1.54, 1.807) is 42.1 Å². The third kappa shape index (κ3) is 26.0. The number of rotatable bonds is 37. The van der Waals surface area contributed by atoms with Crippen molar-refractivity contribution in [3.05, 3.63) is 106 Å². The van der Waals surface area contributed by atoms with Crippen molar-refractivity contribution in [3.8, 4) is 0 Å². The van der Waals surface area contributed by atoms with Crippen LogP contribution in [-0.4, -0.2) is 178 Å². The Morgan fingerprint density at radius 1 is 0.679 bits per heavy atom. The van der Waals surface area contributed by atoms with E-state index in [2.05, 4.69) is 73.2 Å². The number of aromatic nitrogens is 2. The number of unbranched alkanes of at least 4 members (excludes halogenated alkanes) is 1. The van der Waals surface area contributed by atoms with E-state index in [0.717, 1.165) is 36.2 Å². The van der Waals surface area contributed by atoms with E-state index in [0.29, 0.717) is 22.9 Å². The molecular weight excluding hydrogens is 1090 g/mol. The van der Waals surface area contributed by atoms with Gasteiger partial charge in [0.25, 0.3) is 5.91 Å². The van der Waals surface area contributed by atoms with Gasteiger partial charge in [0.2, 0.25) is 41.4 Å². The molecule has 27 heteroatoms. The summed E-state index contributed by atoms with van der Waals surface area (Å²) in [5.74, 6) is -5.78. The third-order valence-corrected chi connectivity index (χ3v) is 14.6. The van der Waals surface area contributed by atoms with Gasteiger partial charge in [-0.2, -0.15) is 0 Å². The summed E-state index contributed by atoms with van der Waals surface area (Å²) in [6.07, 6.45) is 16.2. The van der Waals surface area contributed by atoms with E-state index in [-0.39, 0.29) is 89.4 Å². The number of carboxylic acids is 1. The number of benzene rings is 1. The monoisotopic (exact) mass is 1170 g/mol. The highest BCUT2D eigenvalue weighted by Gasteiger charge is 2.34. The number of hydrogen-bond donors (Lipinski definition) is 9. The Labute approximate surface area is 478 Å². The van der Waals surface area contributed by atoms with Crippen LogP contribution in [0.4, 0.5) is 0 Å². The molecule has 2 bridgehead atoms. The number of hydrogen-bond acceptors (Lipinski definition) is 18. The van der Waals surface area contributed by atoms with E-state index in [4.69, 9.17) is 29.4 Å². The number of primary amides is 1. The smallest absolute Gasteiger partial charge is 0.356 e. The number of allylic oxidation sites excluding steroid dienone is 6. The maximum atomic E-state index is 13.4. The number of amides is 8. The van der Waals surface area contributed by atoms with Crippen molar-refractivity contribution in [1.29, 1.82) is 0 Å². The van der Waals surface area contributed by atoms with Gasteiger partial charge in [-0.15, -0.1) is 23.5 Å². The van der Waals surface area contributed by atoms with Crippen molar-refractivity contribution in [3.63, 3.8) is 0 Å². The summed E-state index contributed by atoms with van der Waals surface area (Å²) < 4.78 is 26.5. The highest BCUT2D eigenvalue weighted by atomic mass is 32.2. The maximum Gasteiger partial charge on any atom is 0.356 e. The first kappa shape index (κ1) is 66.5. The molecule has 10 N–H and O–H groups in total. The molecule has 0 radical (unpaired) electrons. The average molecular weight is 1170 g/mol.